The normalized spacial score (nSPS) is 11.4. The van der Waals surface area contributed by atoms with Gasteiger partial charge >= 0.3 is 0 Å². The van der Waals surface area contributed by atoms with Gasteiger partial charge in [0.05, 0.1) is 17.1 Å². The van der Waals surface area contributed by atoms with Crippen molar-refractivity contribution in [1.82, 2.24) is 24.0 Å². The SMILES string of the molecule is CC(=O)Nc1cc(Nc2nc(-c3cn(C)c4ccccc34)c3ccn(C)c3n2)cc(F)c1NCCN(C)C. The number of carbonyl (C=O) groups excluding carboxylic acids is 1. The van der Waals surface area contributed by atoms with Crippen LogP contribution in [-0.4, -0.2) is 57.1 Å². The fourth-order valence-electron chi connectivity index (χ4n) is 4.61. The second-order valence-electron chi connectivity index (χ2n) is 9.65. The highest BCUT2D eigenvalue weighted by atomic mass is 19.1. The molecule has 5 rings (SSSR count). The zero-order valence-corrected chi connectivity index (χ0v) is 22.1. The van der Waals surface area contributed by atoms with Crippen LogP contribution in [0, 0.1) is 5.82 Å². The molecule has 0 aliphatic heterocycles. The predicted molar refractivity (Wildman–Crippen MR) is 151 cm³/mol. The van der Waals surface area contributed by atoms with Crippen molar-refractivity contribution in [1.29, 1.82) is 0 Å². The summed E-state index contributed by atoms with van der Waals surface area (Å²) >= 11 is 0. The van der Waals surface area contributed by atoms with Crippen LogP contribution in [0.1, 0.15) is 6.92 Å². The highest BCUT2D eigenvalue weighted by Gasteiger charge is 2.18. The molecule has 0 unspecified atom stereocenters. The van der Waals surface area contributed by atoms with Crippen LogP contribution in [0.3, 0.4) is 0 Å². The number of carbonyl (C=O) groups is 1. The summed E-state index contributed by atoms with van der Waals surface area (Å²) in [6.45, 7) is 2.62. The van der Waals surface area contributed by atoms with Crippen molar-refractivity contribution in [3.05, 3.63) is 60.7 Å². The lowest BCUT2D eigenvalue weighted by atomic mass is 10.1. The minimum atomic E-state index is -0.494. The van der Waals surface area contributed by atoms with Crippen LogP contribution in [-0.2, 0) is 18.9 Å². The van der Waals surface area contributed by atoms with Crippen LogP contribution >= 0.6 is 0 Å². The number of hydrogen-bond acceptors (Lipinski definition) is 6. The van der Waals surface area contributed by atoms with Gasteiger partial charge in [0.1, 0.15) is 5.65 Å². The van der Waals surface area contributed by atoms with Gasteiger partial charge in [-0.05, 0) is 38.4 Å². The third-order valence-electron chi connectivity index (χ3n) is 6.39. The lowest BCUT2D eigenvalue weighted by Crippen LogP contribution is -2.22. The van der Waals surface area contributed by atoms with Crippen molar-refractivity contribution in [2.45, 2.75) is 6.92 Å². The molecule has 196 valence electrons. The number of aromatic nitrogens is 4. The number of aryl methyl sites for hydroxylation is 2. The van der Waals surface area contributed by atoms with Gasteiger partial charge in [-0.2, -0.15) is 4.98 Å². The number of halogens is 1. The van der Waals surface area contributed by atoms with Gasteiger partial charge in [-0.1, -0.05) is 18.2 Å². The lowest BCUT2D eigenvalue weighted by Gasteiger charge is -2.17. The summed E-state index contributed by atoms with van der Waals surface area (Å²) in [7, 11) is 7.81. The number of para-hydroxylation sites is 1. The first kappa shape index (κ1) is 25.2. The standard InChI is InChI=1S/C28H31FN8O/c1-17(38)31-23-15-18(14-22(29)26(23)30-11-13-35(2)3)32-28-33-25(20-10-12-36(4)27(20)34-28)21-16-37(5)24-9-7-6-8-19(21)24/h6-10,12,14-16,30H,11,13H2,1-5H3,(H,31,38)(H,32,33,34). The van der Waals surface area contributed by atoms with Gasteiger partial charge in [-0.3, -0.25) is 4.79 Å². The van der Waals surface area contributed by atoms with E-state index in [0.717, 1.165) is 33.2 Å². The number of anilines is 4. The van der Waals surface area contributed by atoms with E-state index in [2.05, 4.69) is 38.8 Å². The fourth-order valence-corrected chi connectivity index (χ4v) is 4.61. The summed E-state index contributed by atoms with van der Waals surface area (Å²) in [5.74, 6) is -0.465. The van der Waals surface area contributed by atoms with Crippen molar-refractivity contribution < 1.29 is 9.18 Å². The molecule has 0 aliphatic rings. The van der Waals surface area contributed by atoms with Crippen LogP contribution in [0.4, 0.5) is 27.4 Å². The van der Waals surface area contributed by atoms with E-state index in [0.29, 0.717) is 30.4 Å². The maximum atomic E-state index is 15.3. The Labute approximate surface area is 220 Å². The Balaban J connectivity index is 1.57. The largest absolute Gasteiger partial charge is 0.380 e. The number of fused-ring (bicyclic) bond motifs is 2. The molecule has 9 nitrogen and oxygen atoms in total. The van der Waals surface area contributed by atoms with Crippen LogP contribution in [0.25, 0.3) is 33.2 Å². The third-order valence-corrected chi connectivity index (χ3v) is 6.39. The van der Waals surface area contributed by atoms with Gasteiger partial charge in [-0.25, -0.2) is 9.37 Å². The molecular weight excluding hydrogens is 483 g/mol. The zero-order chi connectivity index (χ0) is 27.0. The molecule has 0 bridgehead atoms. The van der Waals surface area contributed by atoms with E-state index in [9.17, 15) is 4.79 Å². The third kappa shape index (κ3) is 4.90. The van der Waals surface area contributed by atoms with E-state index < -0.39 is 5.82 Å². The molecule has 10 heteroatoms. The molecule has 1 amide bonds. The zero-order valence-electron chi connectivity index (χ0n) is 22.1. The van der Waals surface area contributed by atoms with Crippen LogP contribution in [0.2, 0.25) is 0 Å². The minimum Gasteiger partial charge on any atom is -0.380 e. The first-order chi connectivity index (χ1) is 18.2. The maximum Gasteiger partial charge on any atom is 0.229 e. The maximum absolute atomic E-state index is 15.3. The first-order valence-electron chi connectivity index (χ1n) is 12.4. The summed E-state index contributed by atoms with van der Waals surface area (Å²) < 4.78 is 19.3. The molecule has 0 fully saturated rings. The molecular formula is C28H31FN8O. The Kier molecular flexibility index (Phi) is 6.73. The van der Waals surface area contributed by atoms with E-state index in [4.69, 9.17) is 9.97 Å². The number of nitrogens with zero attached hydrogens (tertiary/aromatic N) is 5. The molecule has 0 radical (unpaired) electrons. The quantitative estimate of drug-likeness (QED) is 0.272. The minimum absolute atomic E-state index is 0.239. The molecule has 3 aromatic heterocycles. The van der Waals surface area contributed by atoms with Gasteiger partial charge in [0.2, 0.25) is 11.9 Å². The molecule has 0 atom stereocenters. The van der Waals surface area contributed by atoms with E-state index in [-0.39, 0.29) is 11.6 Å². The fraction of sp³-hybridized carbons (Fsp3) is 0.250. The van der Waals surface area contributed by atoms with Gasteiger partial charge in [0, 0.05) is 74.0 Å². The number of likely N-dealkylation sites (N-methyl/N-ethyl adjacent to an activating group) is 1. The number of hydrogen-bond donors (Lipinski definition) is 3. The topological polar surface area (TPSA) is 92.0 Å². The van der Waals surface area contributed by atoms with Gasteiger partial charge < -0.3 is 30.0 Å². The number of nitrogens with one attached hydrogen (secondary N) is 3. The van der Waals surface area contributed by atoms with Crippen LogP contribution in [0.5, 0.6) is 0 Å². The average molecular weight is 515 g/mol. The Hall–Kier alpha value is -4.44. The molecule has 38 heavy (non-hydrogen) atoms. The van der Waals surface area contributed by atoms with Gasteiger partial charge in [-0.15, -0.1) is 0 Å². The molecule has 5 aromatic rings. The summed E-state index contributed by atoms with van der Waals surface area (Å²) in [5, 5.41) is 11.0. The van der Waals surface area contributed by atoms with Crippen LogP contribution < -0.4 is 16.0 Å². The van der Waals surface area contributed by atoms with Gasteiger partial charge in [0.25, 0.3) is 0 Å². The van der Waals surface area contributed by atoms with Crippen molar-refractivity contribution in [3.63, 3.8) is 0 Å². The molecule has 0 spiro atoms. The van der Waals surface area contributed by atoms with Crippen molar-refractivity contribution in [2.75, 3.05) is 43.1 Å². The van der Waals surface area contributed by atoms with Gasteiger partial charge in [0.15, 0.2) is 5.82 Å². The Morgan fingerprint density at radius 2 is 1.84 bits per heavy atom. The summed E-state index contributed by atoms with van der Waals surface area (Å²) in [6.07, 6.45) is 4.01. The number of rotatable bonds is 8. The highest BCUT2D eigenvalue weighted by molar-refractivity contribution is 6.03. The Morgan fingerprint density at radius 1 is 1.05 bits per heavy atom. The smallest absolute Gasteiger partial charge is 0.229 e. The predicted octanol–water partition coefficient (Wildman–Crippen LogP) is 4.94. The van der Waals surface area contributed by atoms with E-state index in [1.165, 1.54) is 13.0 Å². The highest BCUT2D eigenvalue weighted by Crippen LogP contribution is 2.35. The lowest BCUT2D eigenvalue weighted by molar-refractivity contribution is -0.114. The number of amides is 1. The first-order valence-corrected chi connectivity index (χ1v) is 12.4. The second kappa shape index (κ2) is 10.1. The molecule has 3 heterocycles. The van der Waals surface area contributed by atoms with E-state index >= 15 is 4.39 Å². The van der Waals surface area contributed by atoms with Crippen molar-refractivity contribution >= 4 is 50.9 Å². The van der Waals surface area contributed by atoms with Crippen molar-refractivity contribution in [2.24, 2.45) is 14.1 Å². The average Bonchev–Trinajstić information content (AvgIpc) is 3.40. The molecule has 0 saturated carbocycles. The molecule has 2 aromatic carbocycles. The summed E-state index contributed by atoms with van der Waals surface area (Å²) in [6, 6.07) is 13.2. The molecule has 0 aliphatic carbocycles. The molecule has 0 saturated heterocycles. The molecule has 3 N–H and O–H groups in total. The Morgan fingerprint density at radius 3 is 2.61 bits per heavy atom. The summed E-state index contributed by atoms with van der Waals surface area (Å²) in [4.78, 5) is 23.5. The Bertz CT molecular complexity index is 1650. The van der Waals surface area contributed by atoms with E-state index in [1.807, 2.05) is 62.1 Å². The summed E-state index contributed by atoms with van der Waals surface area (Å²) in [5.41, 5.74) is 4.60. The monoisotopic (exact) mass is 514 g/mol. The number of benzene rings is 2. The van der Waals surface area contributed by atoms with E-state index in [1.54, 1.807) is 6.07 Å². The van der Waals surface area contributed by atoms with Crippen molar-refractivity contribution in [3.8, 4) is 11.3 Å². The van der Waals surface area contributed by atoms with Crippen LogP contribution in [0.15, 0.2) is 54.9 Å². The second-order valence-corrected chi connectivity index (χ2v) is 9.65.